The van der Waals surface area contributed by atoms with Gasteiger partial charge in [-0.3, -0.25) is 0 Å². The largest absolute Gasteiger partial charge is 0.368 e. The highest BCUT2D eigenvalue weighted by Crippen LogP contribution is 2.20. The van der Waals surface area contributed by atoms with Crippen molar-refractivity contribution >= 4 is 39.9 Å². The molecule has 1 aromatic carbocycles. The summed E-state index contributed by atoms with van der Waals surface area (Å²) in [6.45, 7) is 4.32. The Kier molecular flexibility index (Phi) is 5.76. The van der Waals surface area contributed by atoms with E-state index in [2.05, 4.69) is 11.9 Å². The summed E-state index contributed by atoms with van der Waals surface area (Å²) in [5.41, 5.74) is 1.10. The van der Waals surface area contributed by atoms with Gasteiger partial charge in [0.05, 0.1) is 0 Å². The summed E-state index contributed by atoms with van der Waals surface area (Å²) < 4.78 is 0.773. The van der Waals surface area contributed by atoms with Gasteiger partial charge in [-0.15, -0.1) is 6.58 Å². The average Bonchev–Trinajstić information content (AvgIpc) is 2.25. The van der Waals surface area contributed by atoms with E-state index < -0.39 is 0 Å². The Bertz CT molecular complexity index is 352. The van der Waals surface area contributed by atoms with Gasteiger partial charge >= 0.3 is 0 Å². The summed E-state index contributed by atoms with van der Waals surface area (Å²) in [7, 11) is 0. The highest BCUT2D eigenvalue weighted by Gasteiger charge is 2.01. The van der Waals surface area contributed by atoms with Crippen molar-refractivity contribution in [2.24, 2.45) is 0 Å². The Morgan fingerprint density at radius 2 is 2.27 bits per heavy atom. The molecule has 0 saturated carbocycles. The van der Waals surface area contributed by atoms with Gasteiger partial charge in [0, 0.05) is 17.3 Å². The molecule has 1 rings (SSSR count). The predicted octanol–water partition coefficient (Wildman–Crippen LogP) is 3.63. The van der Waals surface area contributed by atoms with Gasteiger partial charge in [0.1, 0.15) is 4.32 Å². The first-order chi connectivity index (χ1) is 7.24. The van der Waals surface area contributed by atoms with Crippen molar-refractivity contribution in [2.45, 2.75) is 5.75 Å². The summed E-state index contributed by atoms with van der Waals surface area (Å²) in [5, 5.41) is 3.84. The minimum atomic E-state index is 0.703. The lowest BCUT2D eigenvalue weighted by molar-refractivity contribution is 1.08. The van der Waals surface area contributed by atoms with Crippen molar-refractivity contribution in [3.8, 4) is 0 Å². The number of benzene rings is 1. The summed E-state index contributed by atoms with van der Waals surface area (Å²) in [6, 6.07) is 7.79. The Morgan fingerprint density at radius 3 is 2.93 bits per heavy atom. The summed E-state index contributed by atoms with van der Waals surface area (Å²) in [5.74, 6) is 0.794. The van der Waals surface area contributed by atoms with Crippen molar-refractivity contribution in [2.75, 3.05) is 6.54 Å². The molecule has 0 aromatic heterocycles. The first-order valence-electron chi connectivity index (χ1n) is 4.49. The highest BCUT2D eigenvalue weighted by molar-refractivity contribution is 8.22. The van der Waals surface area contributed by atoms with Crippen LogP contribution in [-0.4, -0.2) is 10.9 Å². The van der Waals surface area contributed by atoms with Gasteiger partial charge in [-0.2, -0.15) is 0 Å². The summed E-state index contributed by atoms with van der Waals surface area (Å²) in [4.78, 5) is 0. The SMILES string of the molecule is C=CCNC(=S)SCc1ccccc1Cl. The molecule has 0 amide bonds. The number of nitrogens with one attached hydrogen (secondary N) is 1. The zero-order chi connectivity index (χ0) is 11.1. The van der Waals surface area contributed by atoms with E-state index in [-0.39, 0.29) is 0 Å². The first-order valence-corrected chi connectivity index (χ1v) is 6.26. The highest BCUT2D eigenvalue weighted by atomic mass is 35.5. The number of halogens is 1. The van der Waals surface area contributed by atoms with Crippen LogP contribution in [0.3, 0.4) is 0 Å². The molecule has 0 atom stereocenters. The molecule has 1 aromatic rings. The van der Waals surface area contributed by atoms with Crippen LogP contribution in [0.1, 0.15) is 5.56 Å². The van der Waals surface area contributed by atoms with Crippen LogP contribution in [0, 0.1) is 0 Å². The molecule has 0 radical (unpaired) electrons. The molecule has 0 heterocycles. The van der Waals surface area contributed by atoms with E-state index in [9.17, 15) is 0 Å². The molecule has 1 N–H and O–H groups in total. The van der Waals surface area contributed by atoms with Crippen molar-refractivity contribution in [3.63, 3.8) is 0 Å². The van der Waals surface area contributed by atoms with E-state index >= 15 is 0 Å². The number of rotatable bonds is 4. The minimum Gasteiger partial charge on any atom is -0.368 e. The van der Waals surface area contributed by atoms with Gasteiger partial charge in [0.25, 0.3) is 0 Å². The number of thiocarbonyl (C=S) groups is 1. The second kappa shape index (κ2) is 6.88. The molecule has 0 saturated heterocycles. The van der Waals surface area contributed by atoms with E-state index in [0.29, 0.717) is 6.54 Å². The summed E-state index contributed by atoms with van der Waals surface area (Å²) in [6.07, 6.45) is 1.78. The maximum absolute atomic E-state index is 6.02. The molecule has 0 aliphatic carbocycles. The predicted molar refractivity (Wildman–Crippen MR) is 73.5 cm³/mol. The fourth-order valence-electron chi connectivity index (χ4n) is 0.965. The van der Waals surface area contributed by atoms with E-state index in [1.165, 1.54) is 0 Å². The molecule has 0 unspecified atom stereocenters. The maximum atomic E-state index is 6.02. The van der Waals surface area contributed by atoms with E-state index in [0.717, 1.165) is 20.7 Å². The Balaban J connectivity index is 2.40. The lowest BCUT2D eigenvalue weighted by atomic mass is 10.2. The van der Waals surface area contributed by atoms with Crippen molar-refractivity contribution < 1.29 is 0 Å². The van der Waals surface area contributed by atoms with Gasteiger partial charge < -0.3 is 5.32 Å². The molecule has 0 bridgehead atoms. The number of hydrogen-bond acceptors (Lipinski definition) is 2. The molecular formula is C11H12ClNS2. The monoisotopic (exact) mass is 257 g/mol. The van der Waals surface area contributed by atoms with Crippen LogP contribution >= 0.6 is 35.6 Å². The number of hydrogen-bond donors (Lipinski definition) is 1. The zero-order valence-corrected chi connectivity index (χ0v) is 10.6. The quantitative estimate of drug-likeness (QED) is 0.654. The molecule has 15 heavy (non-hydrogen) atoms. The molecule has 1 nitrogen and oxygen atoms in total. The van der Waals surface area contributed by atoms with Gasteiger partial charge in [0.15, 0.2) is 0 Å². The minimum absolute atomic E-state index is 0.703. The van der Waals surface area contributed by atoms with E-state index in [1.54, 1.807) is 17.8 Å². The van der Waals surface area contributed by atoms with Crippen LogP contribution in [0.2, 0.25) is 5.02 Å². The molecule has 0 aliphatic heterocycles. The molecule has 80 valence electrons. The Morgan fingerprint density at radius 1 is 1.53 bits per heavy atom. The van der Waals surface area contributed by atoms with E-state index in [4.69, 9.17) is 23.8 Å². The van der Waals surface area contributed by atoms with Gasteiger partial charge in [-0.05, 0) is 11.6 Å². The topological polar surface area (TPSA) is 12.0 Å². The Hall–Kier alpha value is -0.510. The van der Waals surface area contributed by atoms with Crippen LogP contribution in [-0.2, 0) is 5.75 Å². The third-order valence-electron chi connectivity index (χ3n) is 1.71. The van der Waals surface area contributed by atoms with Crippen molar-refractivity contribution in [1.82, 2.24) is 5.32 Å². The average molecular weight is 258 g/mol. The smallest absolute Gasteiger partial charge is 0.134 e. The van der Waals surface area contributed by atoms with Crippen LogP contribution < -0.4 is 5.32 Å². The second-order valence-corrected chi connectivity index (χ2v) is 4.90. The van der Waals surface area contributed by atoms with Crippen LogP contribution in [0.25, 0.3) is 0 Å². The Labute approximate surface area is 105 Å². The molecular weight excluding hydrogens is 246 g/mol. The van der Waals surface area contributed by atoms with Gasteiger partial charge in [-0.25, -0.2) is 0 Å². The van der Waals surface area contributed by atoms with Crippen molar-refractivity contribution in [1.29, 1.82) is 0 Å². The standard InChI is InChI=1S/C11H12ClNS2/c1-2-7-13-11(14)15-8-9-5-3-4-6-10(9)12/h2-6H,1,7-8H2,(H,13,14). The lowest BCUT2D eigenvalue weighted by Gasteiger charge is -2.06. The normalized spacial score (nSPS) is 9.67. The third-order valence-corrected chi connectivity index (χ3v) is 3.44. The molecule has 0 spiro atoms. The molecule has 0 aliphatic rings. The molecule has 4 heteroatoms. The zero-order valence-electron chi connectivity index (χ0n) is 8.20. The van der Waals surface area contributed by atoms with Crippen LogP contribution in [0.4, 0.5) is 0 Å². The van der Waals surface area contributed by atoms with Crippen LogP contribution in [0.5, 0.6) is 0 Å². The molecule has 0 fully saturated rings. The van der Waals surface area contributed by atoms with Gasteiger partial charge in [0.2, 0.25) is 0 Å². The number of thioether (sulfide) groups is 1. The van der Waals surface area contributed by atoms with E-state index in [1.807, 2.05) is 24.3 Å². The lowest BCUT2D eigenvalue weighted by Crippen LogP contribution is -2.17. The van der Waals surface area contributed by atoms with Gasteiger partial charge in [-0.1, -0.05) is 59.9 Å². The third kappa shape index (κ3) is 4.69. The fraction of sp³-hybridized carbons (Fsp3) is 0.182. The van der Waals surface area contributed by atoms with Crippen molar-refractivity contribution in [3.05, 3.63) is 47.5 Å². The first kappa shape index (κ1) is 12.6. The van der Waals surface area contributed by atoms with Crippen LogP contribution in [0.15, 0.2) is 36.9 Å². The second-order valence-electron chi connectivity index (χ2n) is 2.84. The maximum Gasteiger partial charge on any atom is 0.134 e. The fourth-order valence-corrected chi connectivity index (χ4v) is 2.23. The summed E-state index contributed by atoms with van der Waals surface area (Å²) >= 11 is 12.7.